The Morgan fingerprint density at radius 1 is 1.17 bits per heavy atom. The average Bonchev–Trinajstić information content (AvgIpc) is 3.40. The van der Waals surface area contributed by atoms with Crippen molar-refractivity contribution in [3.63, 3.8) is 0 Å². The van der Waals surface area contributed by atoms with Crippen LogP contribution in [0, 0.1) is 0 Å². The molecule has 6 nitrogen and oxygen atoms in total. The van der Waals surface area contributed by atoms with Gasteiger partial charge in [0.25, 0.3) is 0 Å². The number of hydrogen-bond donors (Lipinski definition) is 1. The van der Waals surface area contributed by atoms with Gasteiger partial charge in [0.2, 0.25) is 0 Å². The molecule has 1 fully saturated rings. The molecule has 0 saturated carbocycles. The van der Waals surface area contributed by atoms with E-state index in [4.69, 9.17) is 14.5 Å². The summed E-state index contributed by atoms with van der Waals surface area (Å²) in [5.41, 5.74) is 4.69. The van der Waals surface area contributed by atoms with Gasteiger partial charge in [-0.1, -0.05) is 18.2 Å². The van der Waals surface area contributed by atoms with Gasteiger partial charge in [-0.2, -0.15) is 0 Å². The highest BCUT2D eigenvalue weighted by Gasteiger charge is 2.28. The van der Waals surface area contributed by atoms with Crippen LogP contribution < -0.4 is 4.74 Å². The number of H-pyrrole nitrogens is 1. The molecule has 0 amide bonds. The molecule has 0 spiro atoms. The smallest absolute Gasteiger partial charge is 0.126 e. The van der Waals surface area contributed by atoms with Gasteiger partial charge >= 0.3 is 0 Å². The molecule has 2 aromatic carbocycles. The molecule has 0 aliphatic carbocycles. The van der Waals surface area contributed by atoms with E-state index in [0.29, 0.717) is 6.61 Å². The lowest BCUT2D eigenvalue weighted by atomic mass is 10.1. The molecule has 1 saturated heterocycles. The molecule has 154 valence electrons. The maximum absolute atomic E-state index is 5.82. The van der Waals surface area contributed by atoms with Gasteiger partial charge in [0.1, 0.15) is 11.6 Å². The average molecular weight is 402 g/mol. The first-order chi connectivity index (χ1) is 14.7. The van der Waals surface area contributed by atoms with Crippen LogP contribution in [-0.4, -0.2) is 46.3 Å². The van der Waals surface area contributed by atoms with E-state index >= 15 is 0 Å². The number of morpholine rings is 1. The molecule has 5 rings (SSSR count). The van der Waals surface area contributed by atoms with Gasteiger partial charge in [0.05, 0.1) is 38.3 Å². The monoisotopic (exact) mass is 402 g/mol. The Bertz CT molecular complexity index is 1150. The molecule has 0 radical (unpaired) electrons. The first kappa shape index (κ1) is 18.9. The second kappa shape index (κ2) is 7.97. The third-order valence-electron chi connectivity index (χ3n) is 5.90. The van der Waals surface area contributed by atoms with E-state index in [1.807, 2.05) is 30.5 Å². The van der Waals surface area contributed by atoms with Crippen molar-refractivity contribution in [1.82, 2.24) is 19.4 Å². The Balaban J connectivity index is 1.41. The SMILES string of the molecule is COc1ccc(-c2cnc(C3COCCN3Cc3cn(C)c4ccccc34)[nH]2)cc1. The largest absolute Gasteiger partial charge is 0.497 e. The van der Waals surface area contributed by atoms with Crippen LogP contribution in [0.1, 0.15) is 17.4 Å². The standard InChI is InChI=1S/C24H26N4O2/c1-27-14-18(20-5-3-4-6-22(20)27)15-28-11-12-30-16-23(28)24-25-13-21(26-24)17-7-9-19(29-2)10-8-17/h3-10,13-14,23H,11-12,15-16H2,1-2H3,(H,25,26). The summed E-state index contributed by atoms with van der Waals surface area (Å²) in [7, 11) is 3.78. The predicted molar refractivity (Wildman–Crippen MR) is 117 cm³/mol. The van der Waals surface area contributed by atoms with E-state index in [1.165, 1.54) is 16.5 Å². The van der Waals surface area contributed by atoms with E-state index in [2.05, 4.69) is 52.0 Å². The van der Waals surface area contributed by atoms with Gasteiger partial charge in [-0.25, -0.2) is 4.98 Å². The highest BCUT2D eigenvalue weighted by Crippen LogP contribution is 2.29. The summed E-state index contributed by atoms with van der Waals surface area (Å²) in [4.78, 5) is 10.7. The fraction of sp³-hybridized carbons (Fsp3) is 0.292. The summed E-state index contributed by atoms with van der Waals surface area (Å²) in [6, 6.07) is 16.7. The fourth-order valence-corrected chi connectivity index (χ4v) is 4.27. The minimum atomic E-state index is 0.102. The minimum absolute atomic E-state index is 0.102. The first-order valence-electron chi connectivity index (χ1n) is 10.3. The molecule has 1 aliphatic rings. The summed E-state index contributed by atoms with van der Waals surface area (Å²) >= 11 is 0. The van der Waals surface area contributed by atoms with Crippen molar-refractivity contribution in [2.45, 2.75) is 12.6 Å². The summed E-state index contributed by atoms with van der Waals surface area (Å²) in [6.45, 7) is 3.13. The van der Waals surface area contributed by atoms with Gasteiger partial charge in [-0.3, -0.25) is 4.90 Å². The Labute approximate surface area is 176 Å². The third-order valence-corrected chi connectivity index (χ3v) is 5.90. The highest BCUT2D eigenvalue weighted by molar-refractivity contribution is 5.83. The topological polar surface area (TPSA) is 55.3 Å². The van der Waals surface area contributed by atoms with Crippen LogP contribution in [0.25, 0.3) is 22.2 Å². The number of hydrogen-bond acceptors (Lipinski definition) is 4. The number of aromatic amines is 1. The summed E-state index contributed by atoms with van der Waals surface area (Å²) in [6.07, 6.45) is 4.14. The zero-order valence-corrected chi connectivity index (χ0v) is 17.3. The summed E-state index contributed by atoms with van der Waals surface area (Å²) in [5, 5.41) is 1.31. The van der Waals surface area contributed by atoms with Gasteiger partial charge < -0.3 is 19.0 Å². The number of aromatic nitrogens is 3. The van der Waals surface area contributed by atoms with E-state index in [0.717, 1.165) is 42.5 Å². The molecular weight excluding hydrogens is 376 g/mol. The Kier molecular flexibility index (Phi) is 5.02. The number of para-hydroxylation sites is 1. The lowest BCUT2D eigenvalue weighted by Crippen LogP contribution is -2.39. The second-order valence-electron chi connectivity index (χ2n) is 7.75. The Morgan fingerprint density at radius 3 is 2.83 bits per heavy atom. The number of ether oxygens (including phenoxy) is 2. The van der Waals surface area contributed by atoms with Gasteiger partial charge in [-0.05, 0) is 41.5 Å². The Hall–Kier alpha value is -3.09. The number of methoxy groups -OCH3 is 1. The Morgan fingerprint density at radius 2 is 2.00 bits per heavy atom. The molecule has 2 aromatic heterocycles. The van der Waals surface area contributed by atoms with E-state index < -0.39 is 0 Å². The number of imidazole rings is 1. The molecule has 1 unspecified atom stereocenters. The van der Waals surface area contributed by atoms with Crippen LogP contribution in [0.15, 0.2) is 60.9 Å². The zero-order chi connectivity index (χ0) is 20.5. The van der Waals surface area contributed by atoms with E-state index in [9.17, 15) is 0 Å². The summed E-state index contributed by atoms with van der Waals surface area (Å²) < 4.78 is 13.3. The van der Waals surface area contributed by atoms with Crippen molar-refractivity contribution < 1.29 is 9.47 Å². The van der Waals surface area contributed by atoms with E-state index in [1.54, 1.807) is 7.11 Å². The van der Waals surface area contributed by atoms with Crippen LogP contribution in [0.4, 0.5) is 0 Å². The van der Waals surface area contributed by atoms with Crippen LogP contribution in [-0.2, 0) is 18.3 Å². The van der Waals surface area contributed by atoms with Crippen LogP contribution >= 0.6 is 0 Å². The number of nitrogens with zero attached hydrogens (tertiary/aromatic N) is 3. The number of rotatable bonds is 5. The number of fused-ring (bicyclic) bond motifs is 1. The molecular formula is C24H26N4O2. The molecule has 0 bridgehead atoms. The molecule has 1 aliphatic heterocycles. The maximum atomic E-state index is 5.82. The first-order valence-corrected chi connectivity index (χ1v) is 10.3. The van der Waals surface area contributed by atoms with Crippen molar-refractivity contribution in [3.05, 3.63) is 72.3 Å². The van der Waals surface area contributed by atoms with Crippen LogP contribution in [0.5, 0.6) is 5.75 Å². The van der Waals surface area contributed by atoms with Gasteiger partial charge in [-0.15, -0.1) is 0 Å². The number of benzene rings is 2. The molecule has 3 heterocycles. The van der Waals surface area contributed by atoms with Crippen molar-refractivity contribution in [2.24, 2.45) is 7.05 Å². The second-order valence-corrected chi connectivity index (χ2v) is 7.75. The normalized spacial score (nSPS) is 17.5. The fourth-order valence-electron chi connectivity index (χ4n) is 4.27. The molecule has 4 aromatic rings. The number of nitrogens with one attached hydrogen (secondary N) is 1. The van der Waals surface area contributed by atoms with Gasteiger partial charge in [0, 0.05) is 37.2 Å². The van der Waals surface area contributed by atoms with Crippen molar-refractivity contribution >= 4 is 10.9 Å². The van der Waals surface area contributed by atoms with Crippen molar-refractivity contribution in [1.29, 1.82) is 0 Å². The van der Waals surface area contributed by atoms with Gasteiger partial charge in [0.15, 0.2) is 0 Å². The zero-order valence-electron chi connectivity index (χ0n) is 17.3. The maximum Gasteiger partial charge on any atom is 0.126 e. The van der Waals surface area contributed by atoms with E-state index in [-0.39, 0.29) is 6.04 Å². The molecule has 1 atom stereocenters. The predicted octanol–water partition coefficient (Wildman–Crippen LogP) is 4.15. The molecule has 1 N–H and O–H groups in total. The summed E-state index contributed by atoms with van der Waals surface area (Å²) in [5.74, 6) is 1.79. The quantitative estimate of drug-likeness (QED) is 0.545. The van der Waals surface area contributed by atoms with Crippen LogP contribution in [0.2, 0.25) is 0 Å². The molecule has 30 heavy (non-hydrogen) atoms. The van der Waals surface area contributed by atoms with Crippen LogP contribution in [0.3, 0.4) is 0 Å². The minimum Gasteiger partial charge on any atom is -0.497 e. The van der Waals surface area contributed by atoms with Crippen molar-refractivity contribution in [3.8, 4) is 17.0 Å². The number of aryl methyl sites for hydroxylation is 1. The third kappa shape index (κ3) is 3.49. The van der Waals surface area contributed by atoms with Crippen molar-refractivity contribution in [2.75, 3.05) is 26.9 Å². The lowest BCUT2D eigenvalue weighted by molar-refractivity contribution is -0.0154. The lowest BCUT2D eigenvalue weighted by Gasteiger charge is -2.34. The molecule has 6 heteroatoms. The highest BCUT2D eigenvalue weighted by atomic mass is 16.5.